The SMILES string of the molecule is NCC(=O)Cl.O=S(=O)(O)O. The summed E-state index contributed by atoms with van der Waals surface area (Å²) in [6.07, 6.45) is 0. The van der Waals surface area contributed by atoms with Crippen molar-refractivity contribution in [3.63, 3.8) is 0 Å². The minimum Gasteiger partial charge on any atom is -0.323 e. The minimum atomic E-state index is -4.67. The van der Waals surface area contributed by atoms with Gasteiger partial charge in [-0.25, -0.2) is 0 Å². The van der Waals surface area contributed by atoms with Crippen LogP contribution < -0.4 is 5.73 Å². The van der Waals surface area contributed by atoms with Crippen molar-refractivity contribution in [1.82, 2.24) is 0 Å². The van der Waals surface area contributed by atoms with Gasteiger partial charge < -0.3 is 5.73 Å². The molecule has 0 aliphatic heterocycles. The van der Waals surface area contributed by atoms with Crippen molar-refractivity contribution < 1.29 is 22.3 Å². The molecule has 0 spiro atoms. The van der Waals surface area contributed by atoms with Gasteiger partial charge in [0.15, 0.2) is 0 Å². The van der Waals surface area contributed by atoms with E-state index in [4.69, 9.17) is 29.1 Å². The molecule has 0 aliphatic rings. The van der Waals surface area contributed by atoms with Crippen molar-refractivity contribution in [1.29, 1.82) is 0 Å². The van der Waals surface area contributed by atoms with Crippen LogP contribution in [0.3, 0.4) is 0 Å². The molecular weight excluding hydrogens is 186 g/mol. The van der Waals surface area contributed by atoms with Crippen LogP contribution >= 0.6 is 11.6 Å². The molecule has 0 rings (SSSR count). The number of halogens is 1. The maximum atomic E-state index is 9.45. The zero-order valence-corrected chi connectivity index (χ0v) is 6.26. The summed E-state index contributed by atoms with van der Waals surface area (Å²) in [4.78, 5) is 9.45. The third kappa shape index (κ3) is 112. The second kappa shape index (κ2) is 5.57. The summed E-state index contributed by atoms with van der Waals surface area (Å²) in [7, 11) is -4.67. The van der Waals surface area contributed by atoms with Crippen molar-refractivity contribution in [2.24, 2.45) is 5.73 Å². The van der Waals surface area contributed by atoms with E-state index in [9.17, 15) is 4.79 Å². The van der Waals surface area contributed by atoms with Crippen LogP contribution in [0, 0.1) is 0 Å². The van der Waals surface area contributed by atoms with Crippen LogP contribution in [0.4, 0.5) is 0 Å². The van der Waals surface area contributed by atoms with Gasteiger partial charge in [0.05, 0.1) is 6.54 Å². The lowest BCUT2D eigenvalue weighted by atomic mass is 10.8. The third-order valence-electron chi connectivity index (χ3n) is 0.160. The molecule has 0 bridgehead atoms. The molecule has 0 radical (unpaired) electrons. The van der Waals surface area contributed by atoms with E-state index in [1.165, 1.54) is 0 Å². The summed E-state index contributed by atoms with van der Waals surface area (Å²) < 4.78 is 31.6. The standard InChI is InChI=1S/C2H4ClNO.H2O4S/c3-2(5)1-4;1-5(2,3)4/h1,4H2;(H2,1,2,3,4). The van der Waals surface area contributed by atoms with Crippen LogP contribution in [-0.4, -0.2) is 29.3 Å². The molecule has 0 saturated heterocycles. The predicted molar refractivity (Wildman–Crippen MR) is 34.1 cm³/mol. The number of hydrogen-bond acceptors (Lipinski definition) is 4. The highest BCUT2D eigenvalue weighted by Crippen LogP contribution is 1.68. The van der Waals surface area contributed by atoms with E-state index >= 15 is 0 Å². The van der Waals surface area contributed by atoms with Crippen molar-refractivity contribution in [2.45, 2.75) is 0 Å². The molecule has 0 saturated carbocycles. The maximum absolute atomic E-state index is 9.45. The Morgan fingerprint density at radius 1 is 1.50 bits per heavy atom. The van der Waals surface area contributed by atoms with Gasteiger partial charge in [-0.2, -0.15) is 8.42 Å². The Kier molecular flexibility index (Phi) is 6.94. The van der Waals surface area contributed by atoms with Crippen LogP contribution in [0.2, 0.25) is 0 Å². The van der Waals surface area contributed by atoms with Crippen molar-refractivity contribution >= 4 is 27.2 Å². The van der Waals surface area contributed by atoms with Crippen molar-refractivity contribution in [3.05, 3.63) is 0 Å². The van der Waals surface area contributed by atoms with Gasteiger partial charge in [-0.1, -0.05) is 0 Å². The minimum absolute atomic E-state index is 0.0679. The van der Waals surface area contributed by atoms with Crippen molar-refractivity contribution in [2.75, 3.05) is 6.54 Å². The predicted octanol–water partition coefficient (Wildman–Crippen LogP) is -0.942. The van der Waals surface area contributed by atoms with E-state index in [-0.39, 0.29) is 6.54 Å². The lowest BCUT2D eigenvalue weighted by Crippen LogP contribution is -2.05. The van der Waals surface area contributed by atoms with E-state index in [2.05, 4.69) is 5.73 Å². The maximum Gasteiger partial charge on any atom is 0.394 e. The molecule has 0 unspecified atom stereocenters. The van der Waals surface area contributed by atoms with Crippen LogP contribution in [0.25, 0.3) is 0 Å². The van der Waals surface area contributed by atoms with Gasteiger partial charge in [0.25, 0.3) is 0 Å². The third-order valence-corrected chi connectivity index (χ3v) is 0.315. The molecule has 6 nitrogen and oxygen atoms in total. The molecular formula is C2H6ClNO5S. The average molecular weight is 192 g/mol. The highest BCUT2D eigenvalue weighted by molar-refractivity contribution is 7.79. The van der Waals surface area contributed by atoms with Gasteiger partial charge >= 0.3 is 10.4 Å². The number of rotatable bonds is 1. The molecule has 0 aromatic heterocycles. The van der Waals surface area contributed by atoms with E-state index in [1.807, 2.05) is 0 Å². The Bertz CT molecular complexity index is 178. The first-order valence-electron chi connectivity index (χ1n) is 1.85. The summed E-state index contributed by atoms with van der Waals surface area (Å²) in [5.74, 6) is 0. The fourth-order valence-electron chi connectivity index (χ4n) is 0. The molecule has 62 valence electrons. The lowest BCUT2D eigenvalue weighted by molar-refractivity contribution is -0.110. The molecule has 0 aromatic carbocycles. The number of hydrogen-bond donors (Lipinski definition) is 3. The number of carbonyl (C=O) groups excluding carboxylic acids is 1. The molecule has 0 amide bonds. The Morgan fingerprint density at radius 3 is 1.60 bits per heavy atom. The second-order valence-electron chi connectivity index (χ2n) is 1.01. The highest BCUT2D eigenvalue weighted by Gasteiger charge is 1.84. The number of carbonyl (C=O) groups is 1. The van der Waals surface area contributed by atoms with E-state index in [0.29, 0.717) is 0 Å². The molecule has 0 aliphatic carbocycles. The summed E-state index contributed by atoms with van der Waals surface area (Å²) >= 11 is 4.70. The molecule has 0 fully saturated rings. The monoisotopic (exact) mass is 191 g/mol. The quantitative estimate of drug-likeness (QED) is 0.364. The van der Waals surface area contributed by atoms with Gasteiger partial charge in [0.1, 0.15) is 0 Å². The van der Waals surface area contributed by atoms with E-state index < -0.39 is 15.6 Å². The molecule has 10 heavy (non-hydrogen) atoms. The summed E-state index contributed by atoms with van der Waals surface area (Å²) in [6.45, 7) is -0.0679. The molecule has 0 atom stereocenters. The average Bonchev–Trinajstić information content (AvgIpc) is 1.61. The fourth-order valence-corrected chi connectivity index (χ4v) is 0. The highest BCUT2D eigenvalue weighted by atomic mass is 35.5. The largest absolute Gasteiger partial charge is 0.394 e. The normalized spacial score (nSPS) is 9.60. The van der Waals surface area contributed by atoms with Crippen molar-refractivity contribution in [3.8, 4) is 0 Å². The summed E-state index contributed by atoms with van der Waals surface area (Å²) in [5.41, 5.74) is 4.69. The Balaban J connectivity index is 0. The molecule has 0 heterocycles. The Hall–Kier alpha value is -0.210. The van der Waals surface area contributed by atoms with E-state index in [1.54, 1.807) is 0 Å². The van der Waals surface area contributed by atoms with Crippen LogP contribution in [0.5, 0.6) is 0 Å². The van der Waals surface area contributed by atoms with Gasteiger partial charge in [-0.05, 0) is 11.6 Å². The lowest BCUT2D eigenvalue weighted by Gasteiger charge is -1.69. The second-order valence-corrected chi connectivity index (χ2v) is 2.32. The fraction of sp³-hybridized carbons (Fsp3) is 0.500. The first-order chi connectivity index (χ1) is 4.27. The zero-order chi connectivity index (χ0) is 8.78. The van der Waals surface area contributed by atoms with Gasteiger partial charge in [-0.15, -0.1) is 0 Å². The number of nitrogens with two attached hydrogens (primary N) is 1. The topological polar surface area (TPSA) is 118 Å². The Morgan fingerprint density at radius 2 is 1.60 bits per heavy atom. The zero-order valence-electron chi connectivity index (χ0n) is 4.69. The Labute approximate surface area is 62.5 Å². The molecule has 0 aromatic rings. The van der Waals surface area contributed by atoms with Crippen LogP contribution in [-0.2, 0) is 15.2 Å². The van der Waals surface area contributed by atoms with Gasteiger partial charge in [-0.3, -0.25) is 13.9 Å². The smallest absolute Gasteiger partial charge is 0.323 e. The summed E-state index contributed by atoms with van der Waals surface area (Å²) in [5, 5.41) is -0.495. The molecule has 8 heteroatoms. The van der Waals surface area contributed by atoms with Gasteiger partial charge in [0.2, 0.25) is 5.24 Å². The van der Waals surface area contributed by atoms with Crippen LogP contribution in [0.15, 0.2) is 0 Å². The first kappa shape index (κ1) is 12.5. The van der Waals surface area contributed by atoms with E-state index in [0.717, 1.165) is 0 Å². The van der Waals surface area contributed by atoms with Gasteiger partial charge in [0, 0.05) is 0 Å². The summed E-state index contributed by atoms with van der Waals surface area (Å²) in [6, 6.07) is 0. The first-order valence-corrected chi connectivity index (χ1v) is 3.63. The molecule has 4 N–H and O–H groups in total. The van der Waals surface area contributed by atoms with Crippen LogP contribution in [0.1, 0.15) is 0 Å².